The number of nitrogens with zero attached hydrogens (tertiary/aromatic N) is 2. The van der Waals surface area contributed by atoms with Crippen molar-refractivity contribution in [1.29, 1.82) is 0 Å². The maximum absolute atomic E-state index is 12.2. The lowest BCUT2D eigenvalue weighted by Gasteiger charge is -2.08. The van der Waals surface area contributed by atoms with Crippen molar-refractivity contribution in [2.45, 2.75) is 13.3 Å². The number of hydrogen-bond donors (Lipinski definition) is 1. The molecule has 1 aliphatic heterocycles. The lowest BCUT2D eigenvalue weighted by atomic mass is 10.1. The second-order valence-corrected chi connectivity index (χ2v) is 4.10. The van der Waals surface area contributed by atoms with Crippen LogP contribution in [0.1, 0.15) is 33.3 Å². The number of amides is 2. The molecule has 1 N–H and O–H groups in total. The number of anilines is 1. The Morgan fingerprint density at radius 2 is 1.78 bits per heavy atom. The van der Waals surface area contributed by atoms with Crippen molar-refractivity contribution < 1.29 is 9.59 Å². The minimum atomic E-state index is -0.315. The van der Waals surface area contributed by atoms with E-state index in [1.165, 1.54) is 0 Å². The predicted octanol–water partition coefficient (Wildman–Crippen LogP) is 1.77. The number of fused-ring (bicyclic) bond motifs is 1. The zero-order valence-electron chi connectivity index (χ0n) is 9.80. The highest BCUT2D eigenvalue weighted by atomic mass is 16.2. The molecule has 0 unspecified atom stereocenters. The van der Waals surface area contributed by atoms with E-state index >= 15 is 0 Å². The molecular formula is C13H11N3O2. The maximum Gasteiger partial charge on any atom is 0.267 e. The Hall–Kier alpha value is -2.43. The van der Waals surface area contributed by atoms with Crippen molar-refractivity contribution in [2.24, 2.45) is 0 Å². The van der Waals surface area contributed by atoms with E-state index in [9.17, 15) is 9.59 Å². The number of aromatic nitrogens is 2. The van der Waals surface area contributed by atoms with Gasteiger partial charge in [-0.3, -0.25) is 14.7 Å². The topological polar surface area (TPSA) is 66.1 Å². The molecule has 0 saturated carbocycles. The smallest absolute Gasteiger partial charge is 0.267 e. The second kappa shape index (κ2) is 3.80. The van der Waals surface area contributed by atoms with Gasteiger partial charge in [0.05, 0.1) is 11.1 Å². The van der Waals surface area contributed by atoms with E-state index in [-0.39, 0.29) is 11.8 Å². The van der Waals surface area contributed by atoms with Crippen LogP contribution in [-0.4, -0.2) is 22.0 Å². The molecule has 0 atom stereocenters. The lowest BCUT2D eigenvalue weighted by Crippen LogP contribution is -2.29. The monoisotopic (exact) mass is 241 g/mol. The molecule has 0 fully saturated rings. The third-order valence-corrected chi connectivity index (χ3v) is 3.02. The quantitative estimate of drug-likeness (QED) is 0.815. The fourth-order valence-electron chi connectivity index (χ4n) is 2.04. The minimum absolute atomic E-state index is 0.315. The van der Waals surface area contributed by atoms with Crippen LogP contribution in [-0.2, 0) is 6.42 Å². The highest BCUT2D eigenvalue weighted by Crippen LogP contribution is 2.27. The molecule has 2 aromatic rings. The summed E-state index contributed by atoms with van der Waals surface area (Å²) in [5.74, 6) is -0.271. The van der Waals surface area contributed by atoms with Crippen LogP contribution in [0.4, 0.5) is 5.82 Å². The van der Waals surface area contributed by atoms with Crippen LogP contribution in [0.25, 0.3) is 0 Å². The van der Waals surface area contributed by atoms with E-state index in [0.717, 1.165) is 17.0 Å². The number of nitrogens with one attached hydrogen (secondary N) is 1. The van der Waals surface area contributed by atoms with Crippen LogP contribution in [0.15, 0.2) is 30.3 Å². The predicted molar refractivity (Wildman–Crippen MR) is 65.5 cm³/mol. The Morgan fingerprint density at radius 3 is 2.28 bits per heavy atom. The Labute approximate surface area is 103 Å². The van der Waals surface area contributed by atoms with Crippen molar-refractivity contribution >= 4 is 17.6 Å². The molecule has 5 nitrogen and oxygen atoms in total. The Kier molecular flexibility index (Phi) is 2.26. The van der Waals surface area contributed by atoms with Crippen LogP contribution < -0.4 is 4.90 Å². The van der Waals surface area contributed by atoms with Gasteiger partial charge in [0, 0.05) is 11.8 Å². The molecule has 1 aromatic carbocycles. The number of hydrogen-bond acceptors (Lipinski definition) is 3. The van der Waals surface area contributed by atoms with Gasteiger partial charge < -0.3 is 0 Å². The zero-order chi connectivity index (χ0) is 12.7. The van der Waals surface area contributed by atoms with Crippen molar-refractivity contribution in [2.75, 3.05) is 4.90 Å². The average molecular weight is 241 g/mol. The standard InChI is InChI=1S/C13H11N3O2/c1-2-8-7-11(15-14-8)16-12(17)9-5-3-4-6-10(9)13(16)18/h3-7H,2H2,1H3,(H,14,15). The summed E-state index contributed by atoms with van der Waals surface area (Å²) < 4.78 is 0. The van der Waals surface area contributed by atoms with Gasteiger partial charge in [-0.1, -0.05) is 19.1 Å². The van der Waals surface area contributed by atoms with Gasteiger partial charge in [-0.15, -0.1) is 0 Å². The number of carbonyl (C=O) groups is 2. The zero-order valence-corrected chi connectivity index (χ0v) is 9.80. The number of H-pyrrole nitrogens is 1. The summed E-state index contributed by atoms with van der Waals surface area (Å²) in [6.07, 6.45) is 0.774. The van der Waals surface area contributed by atoms with Gasteiger partial charge in [0.15, 0.2) is 5.82 Å². The van der Waals surface area contributed by atoms with Crippen LogP contribution >= 0.6 is 0 Å². The maximum atomic E-state index is 12.2. The first-order valence-corrected chi connectivity index (χ1v) is 5.74. The summed E-state index contributed by atoms with van der Waals surface area (Å²) in [6, 6.07) is 8.53. The molecule has 0 bridgehead atoms. The molecule has 1 aromatic heterocycles. The SMILES string of the molecule is CCc1cc(N2C(=O)c3ccccc3C2=O)n[nH]1. The van der Waals surface area contributed by atoms with Gasteiger partial charge >= 0.3 is 0 Å². The van der Waals surface area contributed by atoms with Gasteiger partial charge in [-0.2, -0.15) is 5.10 Å². The number of rotatable bonds is 2. The van der Waals surface area contributed by atoms with Crippen molar-refractivity contribution in [3.8, 4) is 0 Å². The molecule has 0 saturated heterocycles. The number of carbonyl (C=O) groups excluding carboxylic acids is 2. The van der Waals surface area contributed by atoms with E-state index in [1.807, 2.05) is 6.92 Å². The third kappa shape index (κ3) is 1.37. The van der Waals surface area contributed by atoms with Crippen molar-refractivity contribution in [3.63, 3.8) is 0 Å². The van der Waals surface area contributed by atoms with Gasteiger partial charge in [0.1, 0.15) is 0 Å². The summed E-state index contributed by atoms with van der Waals surface area (Å²) >= 11 is 0. The number of imide groups is 1. The highest BCUT2D eigenvalue weighted by Gasteiger charge is 2.37. The average Bonchev–Trinajstić information content (AvgIpc) is 2.95. The molecule has 1 aliphatic rings. The normalized spacial score (nSPS) is 14.2. The van der Waals surface area contributed by atoms with Crippen LogP contribution in [0.3, 0.4) is 0 Å². The van der Waals surface area contributed by atoms with E-state index in [0.29, 0.717) is 16.9 Å². The first kappa shape index (κ1) is 10.7. The van der Waals surface area contributed by atoms with Crippen LogP contribution in [0, 0.1) is 0 Å². The van der Waals surface area contributed by atoms with Crippen LogP contribution in [0.2, 0.25) is 0 Å². The van der Waals surface area contributed by atoms with Gasteiger partial charge in [0.2, 0.25) is 0 Å². The van der Waals surface area contributed by atoms with Gasteiger partial charge in [-0.05, 0) is 18.6 Å². The van der Waals surface area contributed by atoms with Crippen molar-refractivity contribution in [1.82, 2.24) is 10.2 Å². The summed E-state index contributed by atoms with van der Waals surface area (Å²) in [6.45, 7) is 1.97. The van der Waals surface area contributed by atoms with E-state index in [4.69, 9.17) is 0 Å². The Bertz CT molecular complexity index is 610. The number of aryl methyl sites for hydroxylation is 1. The Balaban J connectivity index is 2.06. The second-order valence-electron chi connectivity index (χ2n) is 4.10. The highest BCUT2D eigenvalue weighted by molar-refractivity contribution is 6.34. The van der Waals surface area contributed by atoms with Gasteiger partial charge in [0.25, 0.3) is 11.8 Å². The third-order valence-electron chi connectivity index (χ3n) is 3.02. The summed E-state index contributed by atoms with van der Waals surface area (Å²) in [4.78, 5) is 25.4. The first-order chi connectivity index (χ1) is 8.72. The van der Waals surface area contributed by atoms with Crippen molar-refractivity contribution in [3.05, 3.63) is 47.2 Å². The summed E-state index contributed by atoms with van der Waals surface area (Å²) in [5.41, 5.74) is 1.76. The number of benzene rings is 1. The largest absolute Gasteiger partial charge is 0.280 e. The van der Waals surface area contributed by atoms with E-state index < -0.39 is 0 Å². The first-order valence-electron chi connectivity index (χ1n) is 5.74. The minimum Gasteiger partial charge on any atom is -0.280 e. The molecule has 0 aliphatic carbocycles. The fourth-order valence-corrected chi connectivity index (χ4v) is 2.04. The molecular weight excluding hydrogens is 230 g/mol. The molecule has 18 heavy (non-hydrogen) atoms. The number of aromatic amines is 1. The lowest BCUT2D eigenvalue weighted by molar-refractivity contribution is 0.0925. The molecule has 90 valence electrons. The summed E-state index contributed by atoms with van der Waals surface area (Å²) in [7, 11) is 0. The fraction of sp³-hybridized carbons (Fsp3) is 0.154. The van der Waals surface area contributed by atoms with Crippen LogP contribution in [0.5, 0.6) is 0 Å². The Morgan fingerprint density at radius 1 is 1.17 bits per heavy atom. The molecule has 3 rings (SSSR count). The molecule has 5 heteroatoms. The van der Waals surface area contributed by atoms with E-state index in [1.54, 1.807) is 30.3 Å². The molecule has 2 amide bonds. The van der Waals surface area contributed by atoms with E-state index in [2.05, 4.69) is 10.2 Å². The molecule has 2 heterocycles. The molecule has 0 radical (unpaired) electrons. The van der Waals surface area contributed by atoms with Gasteiger partial charge in [-0.25, -0.2) is 4.90 Å². The summed E-state index contributed by atoms with van der Waals surface area (Å²) in [5, 5.41) is 6.82. The molecule has 0 spiro atoms.